The number of aromatic nitrogens is 2. The lowest BCUT2D eigenvalue weighted by atomic mass is 9.79. The zero-order valence-electron chi connectivity index (χ0n) is 17.2. The molecule has 3 aromatic rings. The molecule has 1 aliphatic carbocycles. The van der Waals surface area contributed by atoms with Crippen LogP contribution in [0.15, 0.2) is 36.4 Å². The molecule has 0 aliphatic heterocycles. The second-order valence-corrected chi connectivity index (χ2v) is 8.03. The van der Waals surface area contributed by atoms with E-state index in [1.54, 1.807) is 0 Å². The molecule has 1 aromatic heterocycles. The Bertz CT molecular complexity index is 1250. The van der Waals surface area contributed by atoms with E-state index in [0.29, 0.717) is 24.1 Å². The molecular formula is C23H17ClF4N2O3. The first-order chi connectivity index (χ1) is 15.6. The first kappa shape index (κ1) is 23.0. The molecule has 1 atom stereocenters. The highest BCUT2D eigenvalue weighted by Gasteiger charge is 2.40. The number of benzene rings is 2. The quantitative estimate of drug-likeness (QED) is 0.283. The summed E-state index contributed by atoms with van der Waals surface area (Å²) in [6, 6.07) is 6.95. The number of ketones is 1. The molecule has 172 valence electrons. The SMILES string of the molecule is COC(=O)c1ccc(-c2n[nH]c3c2C(C(=O)c2c(Cl)cccc2C(F)(F)F)CCC3)cc1F. The molecule has 1 unspecified atom stereocenters. The summed E-state index contributed by atoms with van der Waals surface area (Å²) in [7, 11) is 1.12. The van der Waals surface area contributed by atoms with E-state index >= 15 is 0 Å². The maximum absolute atomic E-state index is 14.5. The molecule has 0 fully saturated rings. The molecule has 0 saturated heterocycles. The zero-order valence-corrected chi connectivity index (χ0v) is 18.0. The monoisotopic (exact) mass is 480 g/mol. The predicted molar refractivity (Wildman–Crippen MR) is 112 cm³/mol. The van der Waals surface area contributed by atoms with Crippen LogP contribution in [0.3, 0.4) is 0 Å². The Kier molecular flexibility index (Phi) is 6.00. The van der Waals surface area contributed by atoms with Gasteiger partial charge in [0.05, 0.1) is 34.9 Å². The number of alkyl halides is 3. The number of hydrogen-bond donors (Lipinski definition) is 1. The maximum Gasteiger partial charge on any atom is 0.417 e. The van der Waals surface area contributed by atoms with Gasteiger partial charge in [0, 0.05) is 22.4 Å². The smallest absolute Gasteiger partial charge is 0.417 e. The van der Waals surface area contributed by atoms with Crippen LogP contribution < -0.4 is 0 Å². The van der Waals surface area contributed by atoms with E-state index in [-0.39, 0.29) is 28.3 Å². The average Bonchev–Trinajstić information content (AvgIpc) is 3.21. The summed E-state index contributed by atoms with van der Waals surface area (Å²) in [5, 5.41) is 6.73. The van der Waals surface area contributed by atoms with Crippen molar-refractivity contribution in [3.63, 3.8) is 0 Å². The molecule has 0 bridgehead atoms. The Hall–Kier alpha value is -3.20. The van der Waals surface area contributed by atoms with E-state index in [9.17, 15) is 27.2 Å². The largest absolute Gasteiger partial charge is 0.465 e. The van der Waals surface area contributed by atoms with Gasteiger partial charge in [0.25, 0.3) is 0 Å². The highest BCUT2D eigenvalue weighted by molar-refractivity contribution is 6.34. The summed E-state index contributed by atoms with van der Waals surface area (Å²) in [6.07, 6.45) is -3.40. The molecule has 0 saturated carbocycles. The normalized spacial score (nSPS) is 15.8. The van der Waals surface area contributed by atoms with E-state index in [4.69, 9.17) is 11.6 Å². The summed E-state index contributed by atoms with van der Waals surface area (Å²) < 4.78 is 59.9. The summed E-state index contributed by atoms with van der Waals surface area (Å²) in [4.78, 5) is 25.1. The third-order valence-electron chi connectivity index (χ3n) is 5.68. The number of rotatable bonds is 4. The molecule has 1 N–H and O–H groups in total. The Balaban J connectivity index is 1.81. The number of halogens is 5. The summed E-state index contributed by atoms with van der Waals surface area (Å²) in [5.74, 6) is -3.43. The average molecular weight is 481 g/mol. The maximum atomic E-state index is 14.5. The van der Waals surface area contributed by atoms with Crippen molar-refractivity contribution < 1.29 is 31.9 Å². The Morgan fingerprint density at radius 3 is 2.64 bits per heavy atom. The summed E-state index contributed by atoms with van der Waals surface area (Å²) >= 11 is 6.05. The van der Waals surface area contributed by atoms with Crippen molar-refractivity contribution in [2.24, 2.45) is 0 Å². The molecule has 0 radical (unpaired) electrons. The van der Waals surface area contributed by atoms with Crippen molar-refractivity contribution in [3.05, 3.63) is 75.2 Å². The summed E-state index contributed by atoms with van der Waals surface area (Å²) in [6.45, 7) is 0. The molecule has 5 nitrogen and oxygen atoms in total. The molecule has 1 aliphatic rings. The topological polar surface area (TPSA) is 72.0 Å². The van der Waals surface area contributed by atoms with E-state index in [0.717, 1.165) is 25.3 Å². The van der Waals surface area contributed by atoms with Crippen LogP contribution in [0.2, 0.25) is 5.02 Å². The second kappa shape index (κ2) is 8.62. The van der Waals surface area contributed by atoms with Gasteiger partial charge in [0.1, 0.15) is 5.82 Å². The molecule has 0 amide bonds. The van der Waals surface area contributed by atoms with Crippen LogP contribution in [0.4, 0.5) is 17.6 Å². The second-order valence-electron chi connectivity index (χ2n) is 7.62. The van der Waals surface area contributed by atoms with Gasteiger partial charge in [-0.2, -0.15) is 18.3 Å². The molecule has 10 heteroatoms. The predicted octanol–water partition coefficient (Wildman–Crippen LogP) is 5.98. The fourth-order valence-corrected chi connectivity index (χ4v) is 4.45. The number of aromatic amines is 1. The lowest BCUT2D eigenvalue weighted by Crippen LogP contribution is -2.22. The van der Waals surface area contributed by atoms with Crippen molar-refractivity contribution in [1.82, 2.24) is 10.2 Å². The number of carbonyl (C=O) groups excluding carboxylic acids is 2. The number of esters is 1. The number of ether oxygens (including phenoxy) is 1. The van der Waals surface area contributed by atoms with Crippen molar-refractivity contribution in [2.45, 2.75) is 31.4 Å². The van der Waals surface area contributed by atoms with Gasteiger partial charge in [-0.1, -0.05) is 23.7 Å². The highest BCUT2D eigenvalue weighted by atomic mass is 35.5. The fourth-order valence-electron chi connectivity index (χ4n) is 4.19. The van der Waals surface area contributed by atoms with Gasteiger partial charge in [0.2, 0.25) is 0 Å². The van der Waals surface area contributed by atoms with E-state index in [1.807, 2.05) is 0 Å². The number of nitrogens with zero attached hydrogens (tertiary/aromatic N) is 1. The number of nitrogens with one attached hydrogen (secondary N) is 1. The molecular weight excluding hydrogens is 464 g/mol. The van der Waals surface area contributed by atoms with Crippen molar-refractivity contribution in [1.29, 1.82) is 0 Å². The number of carbonyl (C=O) groups is 2. The van der Waals surface area contributed by atoms with Gasteiger partial charge < -0.3 is 4.74 Å². The molecule has 33 heavy (non-hydrogen) atoms. The van der Waals surface area contributed by atoms with Gasteiger partial charge in [-0.05, 0) is 43.5 Å². The molecule has 0 spiro atoms. The van der Waals surface area contributed by atoms with E-state index < -0.39 is 40.8 Å². The lowest BCUT2D eigenvalue weighted by molar-refractivity contribution is -0.137. The number of Topliss-reactive ketones (excluding diaryl/α,β-unsaturated/α-hetero) is 1. The van der Waals surface area contributed by atoms with Crippen LogP contribution in [0, 0.1) is 5.82 Å². The van der Waals surface area contributed by atoms with Crippen LogP contribution in [0.5, 0.6) is 0 Å². The minimum absolute atomic E-state index is 0.235. The third-order valence-corrected chi connectivity index (χ3v) is 6.00. The van der Waals surface area contributed by atoms with E-state index in [2.05, 4.69) is 14.9 Å². The number of H-pyrrole nitrogens is 1. The van der Waals surface area contributed by atoms with Crippen molar-refractivity contribution >= 4 is 23.4 Å². The standard InChI is InChI=1S/C23H17ClF4N2O3/c1-33-22(32)12-9-8-11(10-16(12)25)20-18-13(4-2-7-17(18)29-30-20)21(31)19-14(23(26,27)28)5-3-6-15(19)24/h3,5-6,8-10,13H,2,4,7H2,1H3,(H,29,30). The van der Waals surface area contributed by atoms with Crippen LogP contribution in [-0.2, 0) is 17.3 Å². The molecule has 2 aromatic carbocycles. The lowest BCUT2D eigenvalue weighted by Gasteiger charge is -2.24. The minimum Gasteiger partial charge on any atom is -0.465 e. The summed E-state index contributed by atoms with van der Waals surface area (Å²) in [5.41, 5.74) is -0.470. The van der Waals surface area contributed by atoms with Crippen LogP contribution >= 0.6 is 11.6 Å². The number of aryl methyl sites for hydroxylation is 1. The van der Waals surface area contributed by atoms with Gasteiger partial charge in [0.15, 0.2) is 5.78 Å². The first-order valence-corrected chi connectivity index (χ1v) is 10.4. The molecule has 4 rings (SSSR count). The number of fused-ring (bicyclic) bond motifs is 1. The van der Waals surface area contributed by atoms with Crippen LogP contribution in [0.1, 0.15) is 56.3 Å². The Morgan fingerprint density at radius 2 is 1.97 bits per heavy atom. The van der Waals surface area contributed by atoms with E-state index in [1.165, 1.54) is 18.2 Å². The Labute approximate surface area is 190 Å². The minimum atomic E-state index is -4.76. The first-order valence-electron chi connectivity index (χ1n) is 9.98. The number of hydrogen-bond acceptors (Lipinski definition) is 4. The fraction of sp³-hybridized carbons (Fsp3) is 0.261. The van der Waals surface area contributed by atoms with Crippen LogP contribution in [0.25, 0.3) is 11.3 Å². The van der Waals surface area contributed by atoms with Crippen LogP contribution in [-0.4, -0.2) is 29.1 Å². The van der Waals surface area contributed by atoms with Crippen molar-refractivity contribution in [2.75, 3.05) is 7.11 Å². The van der Waals surface area contributed by atoms with Gasteiger partial charge in [-0.25, -0.2) is 9.18 Å². The number of methoxy groups -OCH3 is 1. The molecule has 1 heterocycles. The third kappa shape index (κ3) is 4.13. The highest BCUT2D eigenvalue weighted by Crippen LogP contribution is 2.43. The van der Waals surface area contributed by atoms with Crippen molar-refractivity contribution in [3.8, 4) is 11.3 Å². The van der Waals surface area contributed by atoms with Gasteiger partial charge >= 0.3 is 12.1 Å². The zero-order chi connectivity index (χ0) is 23.9. The van der Waals surface area contributed by atoms with Gasteiger partial charge in [-0.3, -0.25) is 9.89 Å². The van der Waals surface area contributed by atoms with Gasteiger partial charge in [-0.15, -0.1) is 0 Å². The Morgan fingerprint density at radius 1 is 1.21 bits per heavy atom.